The molecule has 2 aliphatic rings. The Morgan fingerprint density at radius 1 is 1.27 bits per heavy atom. The lowest BCUT2D eigenvalue weighted by Gasteiger charge is -2.19. The number of nitrogens with zero attached hydrogens (tertiary/aromatic N) is 1. The van der Waals surface area contributed by atoms with Crippen LogP contribution in [0.2, 0.25) is 0 Å². The molecule has 0 amide bonds. The van der Waals surface area contributed by atoms with E-state index in [1.54, 1.807) is 5.01 Å². The fourth-order valence-corrected chi connectivity index (χ4v) is 2.76. The summed E-state index contributed by atoms with van der Waals surface area (Å²) in [7, 11) is 0. The number of fused-ring (bicyclic) bond motifs is 2. The van der Waals surface area contributed by atoms with Gasteiger partial charge in [0.05, 0.1) is 17.1 Å². The molecule has 0 bridgehead atoms. The quantitative estimate of drug-likeness (QED) is 0.461. The monoisotopic (exact) mass is 218 g/mol. The van der Waals surface area contributed by atoms with Crippen LogP contribution in [0.5, 0.6) is 0 Å². The molecule has 1 aromatic carbocycles. The van der Waals surface area contributed by atoms with Crippen molar-refractivity contribution in [2.45, 2.75) is 0 Å². The van der Waals surface area contributed by atoms with Gasteiger partial charge in [0, 0.05) is 12.1 Å². The van der Waals surface area contributed by atoms with E-state index in [1.165, 1.54) is 17.3 Å². The van der Waals surface area contributed by atoms with Crippen LogP contribution in [0, 0.1) is 0 Å². The number of anilines is 2. The summed E-state index contributed by atoms with van der Waals surface area (Å²) in [5.74, 6) is 6.11. The van der Waals surface area contributed by atoms with Crippen molar-refractivity contribution in [3.05, 3.63) is 46.4 Å². The van der Waals surface area contributed by atoms with E-state index in [0.29, 0.717) is 0 Å². The number of rotatable bonds is 0. The highest BCUT2D eigenvalue weighted by atomic mass is 32.2. The molecule has 0 unspecified atom stereocenters. The Hall–Kier alpha value is -1.39. The third-order valence-corrected chi connectivity index (χ3v) is 3.50. The predicted molar refractivity (Wildman–Crippen MR) is 66.8 cm³/mol. The Kier molecular flexibility index (Phi) is 1.97. The fourth-order valence-electron chi connectivity index (χ4n) is 1.85. The normalized spacial score (nSPS) is 18.3. The van der Waals surface area contributed by atoms with Crippen LogP contribution in [0.15, 0.2) is 46.4 Å². The summed E-state index contributed by atoms with van der Waals surface area (Å²) in [6, 6.07) is 8.10. The van der Waals surface area contributed by atoms with Gasteiger partial charge in [0.25, 0.3) is 0 Å². The Balaban J connectivity index is 2.13. The van der Waals surface area contributed by atoms with Crippen molar-refractivity contribution in [3.63, 3.8) is 0 Å². The first-order chi connectivity index (χ1) is 7.36. The number of hydrazine groups is 1. The summed E-state index contributed by atoms with van der Waals surface area (Å²) in [6.07, 6.45) is 0. The van der Waals surface area contributed by atoms with Gasteiger partial charge >= 0.3 is 0 Å². The highest BCUT2D eigenvalue weighted by Gasteiger charge is 2.21. The van der Waals surface area contributed by atoms with Gasteiger partial charge < -0.3 is 5.32 Å². The first kappa shape index (κ1) is 8.88. The van der Waals surface area contributed by atoms with Crippen LogP contribution in [0.3, 0.4) is 0 Å². The zero-order valence-corrected chi connectivity index (χ0v) is 9.04. The van der Waals surface area contributed by atoms with Crippen molar-refractivity contribution < 1.29 is 0 Å². The van der Waals surface area contributed by atoms with E-state index in [2.05, 4.69) is 22.2 Å². The van der Waals surface area contributed by atoms with Crippen LogP contribution >= 0.6 is 11.8 Å². The second-order valence-electron chi connectivity index (χ2n) is 3.56. The molecular weight excluding hydrogens is 206 g/mol. The van der Waals surface area contributed by atoms with Gasteiger partial charge in [0.15, 0.2) is 0 Å². The molecule has 4 heteroatoms. The molecule has 0 aliphatic carbocycles. The van der Waals surface area contributed by atoms with Crippen LogP contribution in [-0.2, 0) is 0 Å². The fraction of sp³-hybridized carbons (Fsp3) is 0.0909. The second-order valence-corrected chi connectivity index (χ2v) is 4.37. The maximum absolute atomic E-state index is 6.11. The number of benzene rings is 1. The minimum atomic E-state index is 0.851. The zero-order valence-electron chi connectivity index (χ0n) is 8.14. The molecule has 0 saturated heterocycles. The van der Waals surface area contributed by atoms with Crippen LogP contribution in [-0.4, -0.2) is 6.54 Å². The molecule has 0 fully saturated rings. The number of thiol groups is 1. The molecule has 2 heterocycles. The number of para-hydroxylation sites is 2. The first-order valence-corrected chi connectivity index (χ1v) is 5.87. The average Bonchev–Trinajstić information content (AvgIpc) is 2.69. The van der Waals surface area contributed by atoms with Crippen molar-refractivity contribution >= 4 is 23.1 Å². The van der Waals surface area contributed by atoms with Gasteiger partial charge in [-0.1, -0.05) is 12.1 Å². The lowest BCUT2D eigenvalue weighted by Crippen LogP contribution is -2.29. The van der Waals surface area contributed by atoms with Gasteiger partial charge in [-0.25, -0.2) is 5.84 Å². The highest BCUT2D eigenvalue weighted by Crippen LogP contribution is 2.36. The van der Waals surface area contributed by atoms with Crippen molar-refractivity contribution in [1.29, 1.82) is 0 Å². The standard InChI is InChI=1S/C11H12N3S/c12-14-10-4-2-1-3-9(10)13-5-8-6-15-7-11(8)14/h1-4,6-7,13,15H,5,12H2. The Morgan fingerprint density at radius 3 is 3.07 bits per heavy atom. The summed E-state index contributed by atoms with van der Waals surface area (Å²) in [5.41, 5.74) is 4.52. The summed E-state index contributed by atoms with van der Waals surface area (Å²) in [4.78, 5) is 0. The van der Waals surface area contributed by atoms with Crippen molar-refractivity contribution in [2.24, 2.45) is 5.84 Å². The summed E-state index contributed by atoms with van der Waals surface area (Å²) in [5, 5.41) is 9.48. The molecule has 1 aromatic rings. The maximum Gasteiger partial charge on any atom is 0.0807 e. The van der Waals surface area contributed by atoms with E-state index < -0.39 is 0 Å². The van der Waals surface area contributed by atoms with Crippen LogP contribution in [0.4, 0.5) is 11.4 Å². The number of nitrogens with two attached hydrogens (primary N) is 1. The van der Waals surface area contributed by atoms with Crippen LogP contribution < -0.4 is 16.2 Å². The number of nitrogens with one attached hydrogen (secondary N) is 1. The molecule has 0 atom stereocenters. The molecule has 15 heavy (non-hydrogen) atoms. The SMILES string of the molecule is NN1C2=C[SH]C=C2CNc2ccccc21. The van der Waals surface area contributed by atoms with Crippen LogP contribution in [0.1, 0.15) is 0 Å². The van der Waals surface area contributed by atoms with Crippen molar-refractivity contribution in [1.82, 2.24) is 0 Å². The maximum atomic E-state index is 6.11. The lowest BCUT2D eigenvalue weighted by molar-refractivity contribution is 1.02. The first-order valence-electron chi connectivity index (χ1n) is 4.83. The van der Waals surface area contributed by atoms with Gasteiger partial charge in [-0.3, -0.25) is 5.01 Å². The second kappa shape index (κ2) is 3.32. The van der Waals surface area contributed by atoms with Gasteiger partial charge in [0.1, 0.15) is 0 Å². The number of hydrogen-bond acceptors (Lipinski definition) is 3. The van der Waals surface area contributed by atoms with E-state index in [0.717, 1.165) is 23.6 Å². The molecule has 3 rings (SSSR count). The van der Waals surface area contributed by atoms with E-state index in [1.807, 2.05) is 18.2 Å². The van der Waals surface area contributed by atoms with Crippen molar-refractivity contribution in [2.75, 3.05) is 16.9 Å². The van der Waals surface area contributed by atoms with Crippen LogP contribution in [0.25, 0.3) is 0 Å². The minimum Gasteiger partial charge on any atom is -0.379 e. The molecular formula is C11H12N3S. The molecule has 1 radical (unpaired) electrons. The third kappa shape index (κ3) is 1.33. The van der Waals surface area contributed by atoms with Gasteiger partial charge in [-0.15, -0.1) is 0 Å². The van der Waals surface area contributed by atoms with Crippen molar-refractivity contribution in [3.8, 4) is 0 Å². The third-order valence-electron chi connectivity index (χ3n) is 2.65. The largest absolute Gasteiger partial charge is 0.379 e. The smallest absolute Gasteiger partial charge is 0.0807 e. The molecule has 0 spiro atoms. The zero-order chi connectivity index (χ0) is 10.3. The van der Waals surface area contributed by atoms with E-state index in [4.69, 9.17) is 5.84 Å². The predicted octanol–water partition coefficient (Wildman–Crippen LogP) is 2.00. The van der Waals surface area contributed by atoms with E-state index in [9.17, 15) is 0 Å². The van der Waals surface area contributed by atoms with Gasteiger partial charge in [0.2, 0.25) is 0 Å². The topological polar surface area (TPSA) is 41.3 Å². The molecule has 77 valence electrons. The summed E-state index contributed by atoms with van der Waals surface area (Å²) in [6.45, 7) is 0.851. The summed E-state index contributed by atoms with van der Waals surface area (Å²) >= 11 is 1.22. The van der Waals surface area contributed by atoms with E-state index in [-0.39, 0.29) is 0 Å². The Bertz CT molecular complexity index is 465. The lowest BCUT2D eigenvalue weighted by atomic mass is 10.2. The Labute approximate surface area is 92.6 Å². The number of hydrogen-bond donors (Lipinski definition) is 3. The summed E-state index contributed by atoms with van der Waals surface area (Å²) < 4.78 is 0. The molecule has 0 aromatic heterocycles. The molecule has 2 aliphatic heterocycles. The average molecular weight is 218 g/mol. The highest BCUT2D eigenvalue weighted by molar-refractivity contribution is 8.05. The molecule has 3 nitrogen and oxygen atoms in total. The van der Waals surface area contributed by atoms with E-state index >= 15 is 0 Å². The van der Waals surface area contributed by atoms with Gasteiger partial charge in [-0.05, 0) is 22.9 Å². The Morgan fingerprint density at radius 2 is 2.13 bits per heavy atom. The molecule has 0 saturated carbocycles. The van der Waals surface area contributed by atoms with Gasteiger partial charge in [-0.2, -0.15) is 11.8 Å². The molecule has 3 N–H and O–H groups in total. The minimum absolute atomic E-state index is 0.851.